The van der Waals surface area contributed by atoms with Gasteiger partial charge in [0.05, 0.1) is 11.3 Å². The number of hydrogen-bond donors (Lipinski definition) is 1. The summed E-state index contributed by atoms with van der Waals surface area (Å²) in [7, 11) is 1.69. The number of nitrogens with one attached hydrogen (secondary N) is 1. The van der Waals surface area contributed by atoms with E-state index in [1.54, 1.807) is 56.4 Å². The second-order valence-corrected chi connectivity index (χ2v) is 6.74. The summed E-state index contributed by atoms with van der Waals surface area (Å²) in [6.45, 7) is 1.30. The number of nitrogens with zero attached hydrogens (tertiary/aromatic N) is 2. The van der Waals surface area contributed by atoms with Crippen LogP contribution in [0.2, 0.25) is 5.02 Å². The maximum absolute atomic E-state index is 12.8. The van der Waals surface area contributed by atoms with Gasteiger partial charge in [0.2, 0.25) is 0 Å². The van der Waals surface area contributed by atoms with Gasteiger partial charge in [0, 0.05) is 29.3 Å². The molecule has 0 bridgehead atoms. The van der Waals surface area contributed by atoms with Crippen molar-refractivity contribution in [3.05, 3.63) is 82.0 Å². The number of esters is 1. The van der Waals surface area contributed by atoms with Gasteiger partial charge in [0.25, 0.3) is 5.91 Å². The van der Waals surface area contributed by atoms with Gasteiger partial charge in [-0.2, -0.15) is 5.10 Å². The van der Waals surface area contributed by atoms with Crippen LogP contribution < -0.4 is 5.32 Å². The van der Waals surface area contributed by atoms with Crippen LogP contribution in [0.15, 0.2) is 54.6 Å². The second-order valence-electron chi connectivity index (χ2n) is 6.30. The third kappa shape index (κ3) is 4.89. The molecule has 0 aliphatic heterocycles. The molecule has 148 valence electrons. The minimum atomic E-state index is -0.765. The van der Waals surface area contributed by atoms with E-state index in [0.717, 1.165) is 5.69 Å². The zero-order valence-corrected chi connectivity index (χ0v) is 16.6. The van der Waals surface area contributed by atoms with Crippen molar-refractivity contribution in [3.8, 4) is 0 Å². The van der Waals surface area contributed by atoms with E-state index in [0.29, 0.717) is 16.4 Å². The van der Waals surface area contributed by atoms with Gasteiger partial charge in [-0.25, -0.2) is 4.79 Å². The minimum Gasteiger partial charge on any atom is -0.452 e. The highest BCUT2D eigenvalue weighted by Gasteiger charge is 2.20. The summed E-state index contributed by atoms with van der Waals surface area (Å²) in [5, 5.41) is 7.24. The molecule has 29 heavy (non-hydrogen) atoms. The third-order valence-corrected chi connectivity index (χ3v) is 4.35. The molecule has 7 nitrogen and oxygen atoms in total. The van der Waals surface area contributed by atoms with Gasteiger partial charge < -0.3 is 10.1 Å². The molecule has 3 aromatic rings. The fourth-order valence-electron chi connectivity index (χ4n) is 2.73. The Bertz CT molecular complexity index is 1070. The number of halogens is 1. The molecule has 2 aromatic carbocycles. The highest BCUT2D eigenvalue weighted by molar-refractivity contribution is 6.30. The molecule has 8 heteroatoms. The molecule has 0 radical (unpaired) electrons. The monoisotopic (exact) mass is 411 g/mol. The Morgan fingerprint density at radius 2 is 1.72 bits per heavy atom. The second kappa shape index (κ2) is 8.70. The number of ether oxygens (including phenoxy) is 1. The van der Waals surface area contributed by atoms with Crippen LogP contribution >= 0.6 is 11.6 Å². The molecular weight excluding hydrogens is 394 g/mol. The van der Waals surface area contributed by atoms with Crippen molar-refractivity contribution in [1.29, 1.82) is 0 Å². The molecule has 0 aliphatic carbocycles. The normalized spacial score (nSPS) is 10.4. The molecule has 0 atom stereocenters. The SMILES string of the molecule is Cc1cc(NC(=O)COC(=O)c2ccccc2C(=O)c2ccc(Cl)cc2)n(C)n1. The molecule has 1 N–H and O–H groups in total. The van der Waals surface area contributed by atoms with Crippen LogP contribution in [0.5, 0.6) is 0 Å². The lowest BCUT2D eigenvalue weighted by atomic mass is 9.98. The van der Waals surface area contributed by atoms with E-state index in [2.05, 4.69) is 10.4 Å². The van der Waals surface area contributed by atoms with Crippen molar-refractivity contribution in [2.75, 3.05) is 11.9 Å². The molecule has 0 saturated carbocycles. The van der Waals surface area contributed by atoms with Crippen molar-refractivity contribution in [1.82, 2.24) is 9.78 Å². The fourth-order valence-corrected chi connectivity index (χ4v) is 2.86. The maximum Gasteiger partial charge on any atom is 0.339 e. The summed E-state index contributed by atoms with van der Waals surface area (Å²) < 4.78 is 6.61. The highest BCUT2D eigenvalue weighted by atomic mass is 35.5. The molecule has 1 amide bonds. The van der Waals surface area contributed by atoms with Crippen LogP contribution in [0.3, 0.4) is 0 Å². The summed E-state index contributed by atoms with van der Waals surface area (Å²) in [4.78, 5) is 37.3. The summed E-state index contributed by atoms with van der Waals surface area (Å²) >= 11 is 5.86. The lowest BCUT2D eigenvalue weighted by Crippen LogP contribution is -2.23. The molecule has 0 aliphatic rings. The smallest absolute Gasteiger partial charge is 0.339 e. The predicted molar refractivity (Wildman–Crippen MR) is 108 cm³/mol. The lowest BCUT2D eigenvalue weighted by Gasteiger charge is -2.10. The van der Waals surface area contributed by atoms with Crippen LogP contribution in [-0.2, 0) is 16.6 Å². The summed E-state index contributed by atoms with van der Waals surface area (Å²) in [6, 6.07) is 14.3. The van der Waals surface area contributed by atoms with Gasteiger partial charge in [0.15, 0.2) is 12.4 Å². The number of anilines is 1. The predicted octanol–water partition coefficient (Wildman–Crippen LogP) is 3.41. The number of amides is 1. The van der Waals surface area contributed by atoms with E-state index in [1.165, 1.54) is 16.8 Å². The van der Waals surface area contributed by atoms with E-state index >= 15 is 0 Å². The molecular formula is C21H18ClN3O4. The van der Waals surface area contributed by atoms with Gasteiger partial charge in [-0.1, -0.05) is 29.8 Å². The van der Waals surface area contributed by atoms with E-state index in [1.807, 2.05) is 0 Å². The van der Waals surface area contributed by atoms with Crippen molar-refractivity contribution in [2.24, 2.45) is 7.05 Å². The summed E-state index contributed by atoms with van der Waals surface area (Å²) in [5.41, 5.74) is 1.40. The zero-order chi connectivity index (χ0) is 21.0. The van der Waals surface area contributed by atoms with Gasteiger partial charge in [-0.3, -0.25) is 14.3 Å². The Morgan fingerprint density at radius 3 is 2.34 bits per heavy atom. The third-order valence-electron chi connectivity index (χ3n) is 4.10. The summed E-state index contributed by atoms with van der Waals surface area (Å²) in [6.07, 6.45) is 0. The minimum absolute atomic E-state index is 0.0802. The number of hydrogen-bond acceptors (Lipinski definition) is 5. The van der Waals surface area contributed by atoms with Crippen LogP contribution in [0, 0.1) is 6.92 Å². The Balaban J connectivity index is 1.69. The van der Waals surface area contributed by atoms with Crippen LogP contribution in [-0.4, -0.2) is 34.0 Å². The largest absolute Gasteiger partial charge is 0.452 e. The number of carbonyl (C=O) groups excluding carboxylic acids is 3. The first kappa shape index (κ1) is 20.3. The fraction of sp³-hybridized carbons (Fsp3) is 0.143. The lowest BCUT2D eigenvalue weighted by molar-refractivity contribution is -0.119. The molecule has 0 spiro atoms. The number of aryl methyl sites for hydroxylation is 2. The van der Waals surface area contributed by atoms with Crippen LogP contribution in [0.4, 0.5) is 5.82 Å². The summed E-state index contributed by atoms with van der Waals surface area (Å²) in [5.74, 6) is -1.13. The quantitative estimate of drug-likeness (QED) is 0.496. The topological polar surface area (TPSA) is 90.3 Å². The first-order chi connectivity index (χ1) is 13.8. The van der Waals surface area contributed by atoms with Crippen LogP contribution in [0.25, 0.3) is 0 Å². The van der Waals surface area contributed by atoms with Gasteiger partial charge in [0.1, 0.15) is 5.82 Å². The van der Waals surface area contributed by atoms with Crippen molar-refractivity contribution in [3.63, 3.8) is 0 Å². The molecule has 1 aromatic heterocycles. The van der Waals surface area contributed by atoms with E-state index < -0.39 is 18.5 Å². The number of carbonyl (C=O) groups is 3. The van der Waals surface area contributed by atoms with E-state index in [4.69, 9.17) is 16.3 Å². The molecule has 0 fully saturated rings. The van der Waals surface area contributed by atoms with Gasteiger partial charge in [-0.15, -0.1) is 0 Å². The average molecular weight is 412 g/mol. The number of ketones is 1. The Hall–Kier alpha value is -3.45. The van der Waals surface area contributed by atoms with E-state index in [9.17, 15) is 14.4 Å². The maximum atomic E-state index is 12.8. The Labute approximate surface area is 172 Å². The molecule has 3 rings (SSSR count). The first-order valence-electron chi connectivity index (χ1n) is 8.72. The van der Waals surface area contributed by atoms with Crippen LogP contribution in [0.1, 0.15) is 32.0 Å². The van der Waals surface area contributed by atoms with Crippen molar-refractivity contribution < 1.29 is 19.1 Å². The standard InChI is InChI=1S/C21H18ClN3O4/c1-13-11-18(25(2)24-13)23-19(26)12-29-21(28)17-6-4-3-5-16(17)20(27)14-7-9-15(22)10-8-14/h3-11H,12H2,1-2H3,(H,23,26). The molecule has 0 saturated heterocycles. The van der Waals surface area contributed by atoms with Crippen molar-refractivity contribution in [2.45, 2.75) is 6.92 Å². The highest BCUT2D eigenvalue weighted by Crippen LogP contribution is 2.18. The van der Waals surface area contributed by atoms with Gasteiger partial charge in [-0.05, 0) is 37.3 Å². The molecule has 0 unspecified atom stereocenters. The average Bonchev–Trinajstić information content (AvgIpc) is 3.02. The number of aromatic nitrogens is 2. The number of rotatable bonds is 6. The van der Waals surface area contributed by atoms with Crippen molar-refractivity contribution >= 4 is 35.1 Å². The Kier molecular flexibility index (Phi) is 6.09. The first-order valence-corrected chi connectivity index (χ1v) is 9.10. The van der Waals surface area contributed by atoms with E-state index in [-0.39, 0.29) is 16.9 Å². The molecule has 1 heterocycles. The Morgan fingerprint density at radius 1 is 1.07 bits per heavy atom. The number of benzene rings is 2. The van der Waals surface area contributed by atoms with Gasteiger partial charge >= 0.3 is 5.97 Å². The zero-order valence-electron chi connectivity index (χ0n) is 15.8.